The lowest BCUT2D eigenvalue weighted by Crippen LogP contribution is -2.59. The molecule has 2 aliphatic rings. The number of hydrogen-bond donors (Lipinski definition) is 4. The van der Waals surface area contributed by atoms with Gasteiger partial charge >= 0.3 is 6.03 Å². The summed E-state index contributed by atoms with van der Waals surface area (Å²) < 4.78 is 5.14. The van der Waals surface area contributed by atoms with Crippen LogP contribution in [0.5, 0.6) is 5.75 Å². The van der Waals surface area contributed by atoms with E-state index in [-0.39, 0.29) is 42.0 Å². The molecule has 0 aromatic heterocycles. The van der Waals surface area contributed by atoms with Crippen LogP contribution in [0.3, 0.4) is 0 Å². The van der Waals surface area contributed by atoms with Crippen LogP contribution in [0.25, 0.3) is 0 Å². The normalized spacial score (nSPS) is 24.6. The Morgan fingerprint density at radius 3 is 2.38 bits per heavy atom. The average molecular weight is 438 g/mol. The minimum absolute atomic E-state index is 0.00664. The van der Waals surface area contributed by atoms with Crippen LogP contribution in [0.15, 0.2) is 54.6 Å². The number of ether oxygens (including phenoxy) is 1. The number of rotatable bonds is 8. The van der Waals surface area contributed by atoms with Crippen LogP contribution in [0, 0.1) is 11.3 Å². The molecule has 170 valence electrons. The first-order chi connectivity index (χ1) is 15.5. The van der Waals surface area contributed by atoms with Crippen LogP contribution in [0.2, 0.25) is 0 Å². The van der Waals surface area contributed by atoms with Gasteiger partial charge in [-0.3, -0.25) is 4.79 Å². The van der Waals surface area contributed by atoms with Gasteiger partial charge in [0.1, 0.15) is 5.75 Å². The fourth-order valence-corrected chi connectivity index (χ4v) is 4.96. The number of aliphatic hydroxyl groups is 1. The van der Waals surface area contributed by atoms with E-state index in [1.165, 1.54) is 0 Å². The summed E-state index contributed by atoms with van der Waals surface area (Å²) in [5, 5.41) is 18.6. The van der Waals surface area contributed by atoms with Crippen LogP contribution in [-0.4, -0.2) is 36.8 Å². The first kappa shape index (κ1) is 22.1. The van der Waals surface area contributed by atoms with Gasteiger partial charge in [0.25, 0.3) is 0 Å². The highest BCUT2D eigenvalue weighted by Crippen LogP contribution is 2.58. The molecule has 1 spiro atoms. The zero-order valence-corrected chi connectivity index (χ0v) is 18.3. The third-order valence-electron chi connectivity index (χ3n) is 6.74. The predicted molar refractivity (Wildman–Crippen MR) is 121 cm³/mol. The highest BCUT2D eigenvalue weighted by molar-refractivity contribution is 5.80. The molecule has 0 radical (unpaired) electrons. The minimum Gasteiger partial charge on any atom is -0.497 e. The maximum Gasteiger partial charge on any atom is 0.315 e. The Labute approximate surface area is 188 Å². The van der Waals surface area contributed by atoms with Crippen molar-refractivity contribution in [1.82, 2.24) is 16.0 Å². The molecule has 2 saturated carbocycles. The highest BCUT2D eigenvalue weighted by atomic mass is 16.5. The number of amides is 3. The summed E-state index contributed by atoms with van der Waals surface area (Å²) in [6, 6.07) is 16.7. The molecule has 0 bridgehead atoms. The van der Waals surface area contributed by atoms with Crippen LogP contribution in [-0.2, 0) is 11.3 Å². The smallest absolute Gasteiger partial charge is 0.315 e. The van der Waals surface area contributed by atoms with E-state index in [0.29, 0.717) is 6.54 Å². The Morgan fingerprint density at radius 1 is 1.06 bits per heavy atom. The second-order valence-electron chi connectivity index (χ2n) is 9.04. The maximum absolute atomic E-state index is 12.6. The van der Waals surface area contributed by atoms with E-state index in [4.69, 9.17) is 4.74 Å². The second-order valence-corrected chi connectivity index (χ2v) is 9.04. The average Bonchev–Trinajstić information content (AvgIpc) is 2.77. The number of carbonyl (C=O) groups excluding carboxylic acids is 2. The number of nitrogens with one attached hydrogen (secondary N) is 3. The molecule has 0 saturated heterocycles. The molecule has 3 amide bonds. The van der Waals surface area contributed by atoms with Gasteiger partial charge in [0, 0.05) is 18.5 Å². The zero-order valence-electron chi connectivity index (χ0n) is 18.3. The third kappa shape index (κ3) is 5.05. The standard InChI is InChI=1S/C25H31N3O4/c1-32-21-9-7-17(8-10-21)15-26-24(31)27-20-13-25(14-20)11-19(12-25)23(30)28-22(16-29)18-5-3-2-4-6-18/h2-10,19-20,22,29H,11-16H2,1H3,(H,28,30)(H2,26,27,31). The van der Waals surface area contributed by atoms with Crippen molar-refractivity contribution in [3.05, 3.63) is 65.7 Å². The van der Waals surface area contributed by atoms with E-state index in [9.17, 15) is 14.7 Å². The van der Waals surface area contributed by atoms with Crippen molar-refractivity contribution in [2.45, 2.75) is 44.3 Å². The topological polar surface area (TPSA) is 99.7 Å². The SMILES string of the molecule is COc1ccc(CNC(=O)NC2CC3(C2)CC(C(=O)NC(CO)c2ccccc2)C3)cc1. The number of aliphatic hydroxyl groups excluding tert-OH is 1. The molecule has 7 nitrogen and oxygen atoms in total. The first-order valence-corrected chi connectivity index (χ1v) is 11.1. The molecule has 0 aliphatic heterocycles. The number of urea groups is 1. The van der Waals surface area contributed by atoms with Crippen molar-refractivity contribution in [2.75, 3.05) is 13.7 Å². The van der Waals surface area contributed by atoms with Crippen LogP contribution in [0.4, 0.5) is 4.79 Å². The van der Waals surface area contributed by atoms with Gasteiger partial charge in [0.2, 0.25) is 5.91 Å². The molecule has 0 heterocycles. The second kappa shape index (κ2) is 9.61. The molecular formula is C25H31N3O4. The third-order valence-corrected chi connectivity index (χ3v) is 6.74. The predicted octanol–water partition coefficient (Wildman–Crippen LogP) is 2.90. The summed E-state index contributed by atoms with van der Waals surface area (Å²) >= 11 is 0. The fraction of sp³-hybridized carbons (Fsp3) is 0.440. The molecule has 2 aromatic rings. The van der Waals surface area contributed by atoms with Crippen molar-refractivity contribution in [2.24, 2.45) is 11.3 Å². The van der Waals surface area contributed by atoms with Crippen LogP contribution >= 0.6 is 0 Å². The van der Waals surface area contributed by atoms with Crippen molar-refractivity contribution < 1.29 is 19.4 Å². The Morgan fingerprint density at radius 2 is 1.75 bits per heavy atom. The Bertz CT molecular complexity index is 918. The summed E-state index contributed by atoms with van der Waals surface area (Å²) in [5.41, 5.74) is 2.10. The molecule has 1 unspecified atom stereocenters. The molecule has 2 fully saturated rings. The first-order valence-electron chi connectivity index (χ1n) is 11.1. The molecule has 4 N–H and O–H groups in total. The molecule has 4 rings (SSSR count). The van der Waals surface area contributed by atoms with Gasteiger partial charge in [-0.05, 0) is 54.4 Å². The highest BCUT2D eigenvalue weighted by Gasteiger charge is 2.55. The lowest BCUT2D eigenvalue weighted by molar-refractivity contribution is -0.139. The molecule has 2 aliphatic carbocycles. The lowest BCUT2D eigenvalue weighted by atomic mass is 9.50. The molecular weight excluding hydrogens is 406 g/mol. The summed E-state index contributed by atoms with van der Waals surface area (Å²) in [6.07, 6.45) is 3.51. The van der Waals surface area contributed by atoms with Crippen molar-refractivity contribution in [1.29, 1.82) is 0 Å². The Kier molecular flexibility index (Phi) is 6.65. The van der Waals surface area contributed by atoms with Gasteiger partial charge in [-0.2, -0.15) is 0 Å². The fourth-order valence-electron chi connectivity index (χ4n) is 4.96. The number of benzene rings is 2. The van der Waals surface area contributed by atoms with Crippen molar-refractivity contribution in [3.63, 3.8) is 0 Å². The van der Waals surface area contributed by atoms with Gasteiger partial charge in [0.05, 0.1) is 19.8 Å². The quantitative estimate of drug-likeness (QED) is 0.510. The van der Waals surface area contributed by atoms with Crippen molar-refractivity contribution >= 4 is 11.9 Å². The summed E-state index contributed by atoms with van der Waals surface area (Å²) in [7, 11) is 1.62. The van der Waals surface area contributed by atoms with Gasteiger partial charge in [-0.15, -0.1) is 0 Å². The summed E-state index contributed by atoms with van der Waals surface area (Å²) in [5.74, 6) is 0.780. The lowest BCUT2D eigenvalue weighted by Gasteiger charge is -2.57. The largest absolute Gasteiger partial charge is 0.497 e. The number of methoxy groups -OCH3 is 1. The molecule has 1 atom stereocenters. The van der Waals surface area contributed by atoms with E-state index < -0.39 is 0 Å². The summed E-state index contributed by atoms with van der Waals surface area (Å²) in [6.45, 7) is 0.342. The molecule has 7 heteroatoms. The van der Waals surface area contributed by atoms with E-state index in [0.717, 1.165) is 42.6 Å². The van der Waals surface area contributed by atoms with Gasteiger partial charge in [-0.1, -0.05) is 42.5 Å². The van der Waals surface area contributed by atoms with E-state index in [1.54, 1.807) is 7.11 Å². The molecule has 32 heavy (non-hydrogen) atoms. The maximum atomic E-state index is 12.6. The van der Waals surface area contributed by atoms with Crippen molar-refractivity contribution in [3.8, 4) is 5.75 Å². The van der Waals surface area contributed by atoms with Crippen LogP contribution in [0.1, 0.15) is 42.9 Å². The monoisotopic (exact) mass is 437 g/mol. The Balaban J connectivity index is 1.15. The Hall–Kier alpha value is -3.06. The zero-order chi connectivity index (χ0) is 22.6. The summed E-state index contributed by atoms with van der Waals surface area (Å²) in [4.78, 5) is 24.8. The molecule has 2 aromatic carbocycles. The van der Waals surface area contributed by atoms with Gasteiger partial charge in [-0.25, -0.2) is 4.79 Å². The number of carbonyl (C=O) groups is 2. The minimum atomic E-state index is -0.370. The van der Waals surface area contributed by atoms with E-state index in [1.807, 2.05) is 54.6 Å². The van der Waals surface area contributed by atoms with Crippen LogP contribution < -0.4 is 20.7 Å². The van der Waals surface area contributed by atoms with Gasteiger partial charge < -0.3 is 25.8 Å². The van der Waals surface area contributed by atoms with Gasteiger partial charge in [0.15, 0.2) is 0 Å². The van der Waals surface area contributed by atoms with E-state index >= 15 is 0 Å². The number of hydrogen-bond acceptors (Lipinski definition) is 4. The van der Waals surface area contributed by atoms with E-state index in [2.05, 4.69) is 16.0 Å².